The Bertz CT molecular complexity index is 1390. The van der Waals surface area contributed by atoms with Crippen molar-refractivity contribution in [3.63, 3.8) is 0 Å². The van der Waals surface area contributed by atoms with Crippen LogP contribution in [0.5, 0.6) is 0 Å². The number of hydrogen-bond acceptors (Lipinski definition) is 7. The zero-order valence-corrected chi connectivity index (χ0v) is 19.9. The molecule has 0 spiro atoms. The van der Waals surface area contributed by atoms with Gasteiger partial charge in [0.2, 0.25) is 9.84 Å². The van der Waals surface area contributed by atoms with E-state index in [1.807, 2.05) is 18.2 Å². The first-order chi connectivity index (χ1) is 16.5. The van der Waals surface area contributed by atoms with Gasteiger partial charge in [0.05, 0.1) is 32.6 Å². The van der Waals surface area contributed by atoms with Crippen molar-refractivity contribution in [2.45, 2.75) is 16.3 Å². The van der Waals surface area contributed by atoms with Crippen LogP contribution in [0, 0.1) is 0 Å². The fraction of sp³-hybridized carbons (Fsp3) is 0.200. The molecule has 1 fully saturated rings. The molecule has 3 heterocycles. The highest BCUT2D eigenvalue weighted by atomic mass is 32.2. The van der Waals surface area contributed by atoms with Crippen LogP contribution in [0.3, 0.4) is 0 Å². The molecule has 1 amide bonds. The Morgan fingerprint density at radius 1 is 1.03 bits per heavy atom. The van der Waals surface area contributed by atoms with Crippen LogP contribution in [0.2, 0.25) is 0 Å². The summed E-state index contributed by atoms with van der Waals surface area (Å²) < 4.78 is 32.7. The predicted octanol–water partition coefficient (Wildman–Crippen LogP) is 3.90. The topological polar surface area (TPSA) is 88.6 Å². The lowest BCUT2D eigenvalue weighted by Crippen LogP contribution is -2.36. The third-order valence-corrected chi connectivity index (χ3v) is 8.59. The Labute approximate surface area is 201 Å². The number of ether oxygens (including phenoxy) is 1. The van der Waals surface area contributed by atoms with Crippen molar-refractivity contribution in [3.8, 4) is 0 Å². The molecule has 1 aliphatic heterocycles. The number of nitrogens with one attached hydrogen (secondary N) is 1. The van der Waals surface area contributed by atoms with Crippen molar-refractivity contribution in [1.29, 1.82) is 0 Å². The van der Waals surface area contributed by atoms with Gasteiger partial charge in [-0.25, -0.2) is 8.42 Å². The second-order valence-electron chi connectivity index (χ2n) is 7.95. The molecule has 7 nitrogen and oxygen atoms in total. The van der Waals surface area contributed by atoms with Crippen LogP contribution in [0.1, 0.15) is 15.2 Å². The van der Waals surface area contributed by atoms with Gasteiger partial charge >= 0.3 is 0 Å². The summed E-state index contributed by atoms with van der Waals surface area (Å²) in [5.41, 5.74) is 1.69. The number of benzene rings is 2. The summed E-state index contributed by atoms with van der Waals surface area (Å²) in [7, 11) is -3.66. The van der Waals surface area contributed by atoms with Gasteiger partial charge in [-0.05, 0) is 53.4 Å². The number of rotatable bonds is 6. The Hall–Kier alpha value is -3.27. The molecule has 5 rings (SSSR count). The lowest BCUT2D eigenvalue weighted by molar-refractivity contribution is 0.0955. The molecule has 0 unspecified atom stereocenters. The standard InChI is InChI=1S/C25H23N3O4S2/c29-25(23-14-19-8-9-26-17-24(19)33-23)27-16-18-4-6-21(7-5-18)34(30,31)22-3-1-2-20(15-22)28-10-12-32-13-11-28/h1-9,14-15,17H,10-13,16H2,(H,27,29). The number of hydrogen-bond donors (Lipinski definition) is 1. The molecule has 1 N–H and O–H groups in total. The molecule has 0 saturated carbocycles. The molecule has 0 aliphatic carbocycles. The van der Waals surface area contributed by atoms with E-state index in [4.69, 9.17) is 4.74 Å². The average Bonchev–Trinajstić information content (AvgIpc) is 3.33. The van der Waals surface area contributed by atoms with Crippen molar-refractivity contribution < 1.29 is 17.9 Å². The maximum atomic E-state index is 13.2. The molecule has 174 valence electrons. The van der Waals surface area contributed by atoms with E-state index >= 15 is 0 Å². The number of fused-ring (bicyclic) bond motifs is 1. The first-order valence-electron chi connectivity index (χ1n) is 10.9. The summed E-state index contributed by atoms with van der Waals surface area (Å²) in [6.45, 7) is 3.05. The SMILES string of the molecule is O=C(NCc1ccc(S(=O)(=O)c2cccc(N3CCOCC3)c2)cc1)c1cc2ccncc2s1. The van der Waals surface area contributed by atoms with E-state index in [9.17, 15) is 13.2 Å². The van der Waals surface area contributed by atoms with Gasteiger partial charge < -0.3 is 15.0 Å². The molecule has 4 aromatic rings. The van der Waals surface area contributed by atoms with E-state index in [-0.39, 0.29) is 15.7 Å². The largest absolute Gasteiger partial charge is 0.378 e. The van der Waals surface area contributed by atoms with E-state index in [1.165, 1.54) is 11.3 Å². The highest BCUT2D eigenvalue weighted by Gasteiger charge is 2.20. The van der Waals surface area contributed by atoms with Gasteiger partial charge in [-0.15, -0.1) is 11.3 Å². The molecule has 0 bridgehead atoms. The normalized spacial score (nSPS) is 14.3. The van der Waals surface area contributed by atoms with E-state index in [0.29, 0.717) is 24.6 Å². The van der Waals surface area contributed by atoms with Crippen LogP contribution in [0.4, 0.5) is 5.69 Å². The van der Waals surface area contributed by atoms with Gasteiger partial charge in [0, 0.05) is 37.7 Å². The Morgan fingerprint density at radius 2 is 1.82 bits per heavy atom. The highest BCUT2D eigenvalue weighted by Crippen LogP contribution is 2.26. The molecule has 34 heavy (non-hydrogen) atoms. The summed E-state index contributed by atoms with van der Waals surface area (Å²) in [4.78, 5) is 19.8. The number of anilines is 1. The van der Waals surface area contributed by atoms with E-state index < -0.39 is 9.84 Å². The summed E-state index contributed by atoms with van der Waals surface area (Å²) >= 11 is 1.39. The van der Waals surface area contributed by atoms with E-state index in [0.717, 1.165) is 34.4 Å². The molecular formula is C25H23N3O4S2. The van der Waals surface area contributed by atoms with Crippen LogP contribution < -0.4 is 10.2 Å². The minimum absolute atomic E-state index is 0.169. The fourth-order valence-electron chi connectivity index (χ4n) is 3.86. The van der Waals surface area contributed by atoms with Gasteiger partial charge in [-0.3, -0.25) is 9.78 Å². The molecule has 2 aromatic heterocycles. The van der Waals surface area contributed by atoms with Crippen LogP contribution >= 0.6 is 11.3 Å². The van der Waals surface area contributed by atoms with Gasteiger partial charge in [0.1, 0.15) is 0 Å². The van der Waals surface area contributed by atoms with Gasteiger partial charge in [0.25, 0.3) is 5.91 Å². The zero-order valence-electron chi connectivity index (χ0n) is 18.3. The maximum Gasteiger partial charge on any atom is 0.261 e. The Morgan fingerprint density at radius 3 is 2.59 bits per heavy atom. The van der Waals surface area contributed by atoms with Gasteiger partial charge in [0.15, 0.2) is 0 Å². The number of nitrogens with zero attached hydrogens (tertiary/aromatic N) is 2. The number of aromatic nitrogens is 1. The summed E-state index contributed by atoms with van der Waals surface area (Å²) in [5.74, 6) is -0.169. The van der Waals surface area contributed by atoms with Crippen LogP contribution in [-0.4, -0.2) is 45.6 Å². The summed E-state index contributed by atoms with van der Waals surface area (Å²) in [6.07, 6.45) is 3.44. The number of carbonyl (C=O) groups is 1. The lowest BCUT2D eigenvalue weighted by Gasteiger charge is -2.29. The smallest absolute Gasteiger partial charge is 0.261 e. The molecule has 0 radical (unpaired) electrons. The van der Waals surface area contributed by atoms with Crippen LogP contribution in [0.25, 0.3) is 10.1 Å². The fourth-order valence-corrected chi connectivity index (χ4v) is 6.10. The minimum Gasteiger partial charge on any atom is -0.378 e. The minimum atomic E-state index is -3.66. The second kappa shape index (κ2) is 9.54. The van der Waals surface area contributed by atoms with Crippen molar-refractivity contribution >= 4 is 42.9 Å². The Balaban J connectivity index is 1.27. The maximum absolute atomic E-state index is 13.2. The van der Waals surface area contributed by atoms with Crippen molar-refractivity contribution in [2.75, 3.05) is 31.2 Å². The van der Waals surface area contributed by atoms with Crippen LogP contribution in [0.15, 0.2) is 82.8 Å². The number of pyridine rings is 1. The second-order valence-corrected chi connectivity index (χ2v) is 11.0. The molecule has 2 aromatic carbocycles. The third kappa shape index (κ3) is 4.68. The molecule has 9 heteroatoms. The van der Waals surface area contributed by atoms with Gasteiger partial charge in [-0.1, -0.05) is 18.2 Å². The lowest BCUT2D eigenvalue weighted by atomic mass is 10.2. The van der Waals surface area contributed by atoms with Crippen LogP contribution in [-0.2, 0) is 21.1 Å². The molecule has 0 atom stereocenters. The van der Waals surface area contributed by atoms with E-state index in [1.54, 1.807) is 54.9 Å². The molecule has 1 saturated heterocycles. The number of amides is 1. The molecule has 1 aliphatic rings. The zero-order chi connectivity index (χ0) is 23.5. The Kier molecular flexibility index (Phi) is 6.32. The predicted molar refractivity (Wildman–Crippen MR) is 132 cm³/mol. The molecular weight excluding hydrogens is 470 g/mol. The monoisotopic (exact) mass is 493 g/mol. The first-order valence-corrected chi connectivity index (χ1v) is 13.2. The first kappa shape index (κ1) is 22.5. The van der Waals surface area contributed by atoms with Crippen molar-refractivity contribution in [2.24, 2.45) is 0 Å². The van der Waals surface area contributed by atoms with Gasteiger partial charge in [-0.2, -0.15) is 0 Å². The number of morpholine rings is 1. The third-order valence-electron chi connectivity index (χ3n) is 5.74. The quantitative estimate of drug-likeness (QED) is 0.438. The highest BCUT2D eigenvalue weighted by molar-refractivity contribution is 7.91. The number of sulfone groups is 1. The average molecular weight is 494 g/mol. The number of thiophene rings is 1. The van der Waals surface area contributed by atoms with E-state index in [2.05, 4.69) is 15.2 Å². The summed E-state index contributed by atoms with van der Waals surface area (Å²) in [5, 5.41) is 3.88. The van der Waals surface area contributed by atoms with Crippen molar-refractivity contribution in [3.05, 3.63) is 83.5 Å². The van der Waals surface area contributed by atoms with Crippen molar-refractivity contribution in [1.82, 2.24) is 10.3 Å². The summed E-state index contributed by atoms with van der Waals surface area (Å²) in [6, 6.07) is 17.4. The number of carbonyl (C=O) groups excluding carboxylic acids is 1.